The molecule has 0 radical (unpaired) electrons. The normalized spacial score (nSPS) is 10.6. The first-order valence-corrected chi connectivity index (χ1v) is 8.25. The van der Waals surface area contributed by atoms with Crippen molar-refractivity contribution in [3.63, 3.8) is 0 Å². The van der Waals surface area contributed by atoms with Crippen molar-refractivity contribution in [1.29, 1.82) is 0 Å². The van der Waals surface area contributed by atoms with E-state index in [9.17, 15) is 0 Å². The molecule has 0 N–H and O–H groups in total. The number of halogens is 3. The van der Waals surface area contributed by atoms with E-state index in [2.05, 4.69) is 25.9 Å². The Morgan fingerprint density at radius 3 is 2.57 bits per heavy atom. The minimum absolute atomic E-state index is 0.470. The highest BCUT2D eigenvalue weighted by atomic mass is 79.9. The molecule has 1 aromatic carbocycles. The molecule has 0 bridgehead atoms. The summed E-state index contributed by atoms with van der Waals surface area (Å²) in [5.74, 6) is 0.558. The van der Waals surface area contributed by atoms with Gasteiger partial charge < -0.3 is 4.74 Å². The van der Waals surface area contributed by atoms with Crippen LogP contribution in [0.3, 0.4) is 0 Å². The highest BCUT2D eigenvalue weighted by molar-refractivity contribution is 9.10. The third-order valence-corrected chi connectivity index (χ3v) is 5.02. The van der Waals surface area contributed by atoms with Gasteiger partial charge in [-0.25, -0.2) is 0 Å². The van der Waals surface area contributed by atoms with E-state index < -0.39 is 0 Å². The minimum Gasteiger partial charge on any atom is -0.494 e. The number of hydrogen-bond acceptors (Lipinski definition) is 3. The quantitative estimate of drug-likeness (QED) is 0.541. The third-order valence-electron chi connectivity index (χ3n) is 3.36. The molecular weight excluding hydrogens is 399 g/mol. The molecule has 0 saturated heterocycles. The summed E-state index contributed by atoms with van der Waals surface area (Å²) in [5.41, 5.74) is 2.93. The van der Waals surface area contributed by atoms with E-state index in [1.807, 2.05) is 30.3 Å². The lowest BCUT2D eigenvalue weighted by Gasteiger charge is -2.15. The van der Waals surface area contributed by atoms with Gasteiger partial charge in [0.15, 0.2) is 0 Å². The van der Waals surface area contributed by atoms with Gasteiger partial charge in [-0.2, -0.15) is 0 Å². The maximum Gasteiger partial charge on any atom is 0.146 e. The van der Waals surface area contributed by atoms with Crippen LogP contribution in [-0.2, 0) is 0 Å². The molecule has 23 heavy (non-hydrogen) atoms. The van der Waals surface area contributed by atoms with Crippen molar-refractivity contribution in [2.45, 2.75) is 0 Å². The molecule has 2 aromatic heterocycles. The summed E-state index contributed by atoms with van der Waals surface area (Å²) in [6, 6.07) is 9.40. The number of hydrogen-bond donors (Lipinski definition) is 0. The molecule has 2 heterocycles. The zero-order chi connectivity index (χ0) is 16.4. The van der Waals surface area contributed by atoms with Gasteiger partial charge in [0.1, 0.15) is 5.75 Å². The molecule has 0 amide bonds. The molecule has 0 atom stereocenters. The topological polar surface area (TPSA) is 35.0 Å². The first-order valence-electron chi connectivity index (χ1n) is 6.70. The van der Waals surface area contributed by atoms with E-state index in [4.69, 9.17) is 27.9 Å². The van der Waals surface area contributed by atoms with Crippen LogP contribution in [0.5, 0.6) is 5.75 Å². The van der Waals surface area contributed by atoms with Gasteiger partial charge in [0.2, 0.25) is 0 Å². The average molecular weight is 410 g/mol. The van der Waals surface area contributed by atoms with Gasteiger partial charge in [0.05, 0.1) is 29.0 Å². The first-order chi connectivity index (χ1) is 11.1. The van der Waals surface area contributed by atoms with Crippen LogP contribution in [-0.4, -0.2) is 17.1 Å². The lowest BCUT2D eigenvalue weighted by atomic mass is 10.0. The summed E-state index contributed by atoms with van der Waals surface area (Å²) in [7, 11) is 1.58. The Morgan fingerprint density at radius 1 is 1.04 bits per heavy atom. The van der Waals surface area contributed by atoms with Gasteiger partial charge in [-0.05, 0) is 34.1 Å². The lowest BCUT2D eigenvalue weighted by Crippen LogP contribution is -1.95. The molecule has 0 spiro atoms. The number of pyridine rings is 2. The van der Waals surface area contributed by atoms with Crippen LogP contribution in [0.4, 0.5) is 0 Å². The number of methoxy groups -OCH3 is 1. The van der Waals surface area contributed by atoms with E-state index in [-0.39, 0.29) is 0 Å². The predicted molar refractivity (Wildman–Crippen MR) is 97.2 cm³/mol. The summed E-state index contributed by atoms with van der Waals surface area (Å²) in [6.45, 7) is 0. The van der Waals surface area contributed by atoms with Crippen molar-refractivity contribution < 1.29 is 4.74 Å². The second-order valence-corrected chi connectivity index (χ2v) is 6.32. The van der Waals surface area contributed by atoms with Crippen molar-refractivity contribution >= 4 is 39.1 Å². The van der Waals surface area contributed by atoms with E-state index in [0.717, 1.165) is 15.6 Å². The number of ether oxygens (including phenoxy) is 1. The zero-order valence-electron chi connectivity index (χ0n) is 12.1. The van der Waals surface area contributed by atoms with Gasteiger partial charge >= 0.3 is 0 Å². The average Bonchev–Trinajstić information content (AvgIpc) is 2.58. The molecule has 3 rings (SSSR count). The number of rotatable bonds is 3. The van der Waals surface area contributed by atoms with Gasteiger partial charge in [0, 0.05) is 33.6 Å². The fourth-order valence-corrected chi connectivity index (χ4v) is 3.22. The molecule has 116 valence electrons. The van der Waals surface area contributed by atoms with E-state index in [1.54, 1.807) is 25.7 Å². The smallest absolute Gasteiger partial charge is 0.146 e. The molecule has 3 aromatic rings. The molecule has 6 heteroatoms. The molecule has 3 nitrogen and oxygen atoms in total. The highest BCUT2D eigenvalue weighted by Gasteiger charge is 2.19. The SMILES string of the molecule is COc1cnc(-c2cccnc2)c(Cl)c1-c1cccc(Br)c1Cl. The second kappa shape index (κ2) is 6.87. The zero-order valence-corrected chi connectivity index (χ0v) is 15.2. The summed E-state index contributed by atoms with van der Waals surface area (Å²) < 4.78 is 6.22. The van der Waals surface area contributed by atoms with E-state index in [1.165, 1.54) is 0 Å². The Morgan fingerprint density at radius 2 is 1.87 bits per heavy atom. The van der Waals surface area contributed by atoms with Gasteiger partial charge in [-0.1, -0.05) is 35.3 Å². The molecule has 0 aliphatic rings. The maximum absolute atomic E-state index is 6.64. The lowest BCUT2D eigenvalue weighted by molar-refractivity contribution is 0.414. The fraction of sp³-hybridized carbons (Fsp3) is 0.0588. The van der Waals surface area contributed by atoms with Gasteiger partial charge in [-0.15, -0.1) is 0 Å². The minimum atomic E-state index is 0.470. The Hall–Kier alpha value is -1.62. The molecule has 0 fully saturated rings. The Balaban J connectivity index is 2.29. The number of aromatic nitrogens is 2. The van der Waals surface area contributed by atoms with E-state index >= 15 is 0 Å². The molecule has 0 saturated carbocycles. The van der Waals surface area contributed by atoms with Crippen molar-refractivity contribution in [3.05, 3.63) is 63.4 Å². The van der Waals surface area contributed by atoms with Crippen LogP contribution in [0.15, 0.2) is 53.4 Å². The van der Waals surface area contributed by atoms with Crippen molar-refractivity contribution in [1.82, 2.24) is 9.97 Å². The summed E-state index contributed by atoms with van der Waals surface area (Å²) in [4.78, 5) is 8.52. The van der Waals surface area contributed by atoms with Crippen LogP contribution >= 0.6 is 39.1 Å². The van der Waals surface area contributed by atoms with Gasteiger partial charge in [-0.3, -0.25) is 9.97 Å². The maximum atomic E-state index is 6.64. The molecule has 0 aliphatic heterocycles. The standard InChI is InChI=1S/C17H11BrCl2N2O/c1-23-13-9-22-17(10-4-3-7-21-8-10)16(20)14(13)11-5-2-6-12(18)15(11)19/h2-9H,1H3. The monoisotopic (exact) mass is 408 g/mol. The van der Waals surface area contributed by atoms with Crippen LogP contribution < -0.4 is 4.74 Å². The summed E-state index contributed by atoms with van der Waals surface area (Å²) >= 11 is 16.5. The number of nitrogens with zero attached hydrogens (tertiary/aromatic N) is 2. The van der Waals surface area contributed by atoms with Crippen molar-refractivity contribution in [2.24, 2.45) is 0 Å². The Kier molecular flexibility index (Phi) is 4.85. The number of benzene rings is 1. The fourth-order valence-electron chi connectivity index (χ4n) is 2.28. The third kappa shape index (κ3) is 3.07. The highest BCUT2D eigenvalue weighted by Crippen LogP contribution is 2.44. The van der Waals surface area contributed by atoms with E-state index in [0.29, 0.717) is 27.1 Å². The van der Waals surface area contributed by atoms with Crippen LogP contribution in [0.2, 0.25) is 10.0 Å². The molecular formula is C17H11BrCl2N2O. The Labute approximate surface area is 152 Å². The van der Waals surface area contributed by atoms with Crippen LogP contribution in [0, 0.1) is 0 Å². The largest absolute Gasteiger partial charge is 0.494 e. The first kappa shape index (κ1) is 16.2. The summed E-state index contributed by atoms with van der Waals surface area (Å²) in [6.07, 6.45) is 5.06. The molecule has 0 unspecified atom stereocenters. The summed E-state index contributed by atoms with van der Waals surface area (Å²) in [5, 5.41) is 1.04. The van der Waals surface area contributed by atoms with Crippen LogP contribution in [0.25, 0.3) is 22.4 Å². The van der Waals surface area contributed by atoms with Gasteiger partial charge in [0.25, 0.3) is 0 Å². The Bertz CT molecular complexity index is 857. The predicted octanol–water partition coefficient (Wildman–Crippen LogP) is 5.89. The van der Waals surface area contributed by atoms with Crippen molar-refractivity contribution in [3.8, 4) is 28.1 Å². The van der Waals surface area contributed by atoms with Crippen LogP contribution in [0.1, 0.15) is 0 Å². The second-order valence-electron chi connectivity index (χ2n) is 4.71. The molecule has 0 aliphatic carbocycles. The van der Waals surface area contributed by atoms with Crippen molar-refractivity contribution in [2.75, 3.05) is 7.11 Å².